The molecular formula is C14H24Cl2N4O2. The van der Waals surface area contributed by atoms with Crippen molar-refractivity contribution in [2.24, 2.45) is 5.73 Å². The van der Waals surface area contributed by atoms with Crippen LogP contribution in [0.1, 0.15) is 13.8 Å². The van der Waals surface area contributed by atoms with Crippen LogP contribution >= 0.6 is 24.8 Å². The number of pyridine rings is 1. The third-order valence-electron chi connectivity index (χ3n) is 3.39. The van der Waals surface area contributed by atoms with Crippen LogP contribution in [0.3, 0.4) is 0 Å². The Morgan fingerprint density at radius 1 is 1.27 bits per heavy atom. The number of halogens is 2. The van der Waals surface area contributed by atoms with Crippen molar-refractivity contribution >= 4 is 36.5 Å². The Morgan fingerprint density at radius 3 is 2.36 bits per heavy atom. The van der Waals surface area contributed by atoms with E-state index in [4.69, 9.17) is 10.5 Å². The van der Waals surface area contributed by atoms with Crippen molar-refractivity contribution in [2.75, 3.05) is 38.2 Å². The van der Waals surface area contributed by atoms with Gasteiger partial charge in [-0.1, -0.05) is 0 Å². The van der Waals surface area contributed by atoms with Gasteiger partial charge in [0.05, 0.1) is 12.6 Å². The summed E-state index contributed by atoms with van der Waals surface area (Å²) < 4.78 is 5.20. The molecular weight excluding hydrogens is 327 g/mol. The van der Waals surface area contributed by atoms with E-state index in [0.29, 0.717) is 13.1 Å². The first-order valence-corrected chi connectivity index (χ1v) is 6.75. The maximum Gasteiger partial charge on any atom is 0.242 e. The number of rotatable bonds is 3. The van der Waals surface area contributed by atoms with Crippen LogP contribution in [0.15, 0.2) is 18.3 Å². The Morgan fingerprint density at radius 2 is 1.86 bits per heavy atom. The molecule has 126 valence electrons. The van der Waals surface area contributed by atoms with Crippen molar-refractivity contribution in [3.8, 4) is 5.75 Å². The van der Waals surface area contributed by atoms with E-state index >= 15 is 0 Å². The van der Waals surface area contributed by atoms with Crippen LogP contribution in [-0.4, -0.2) is 54.6 Å². The molecule has 1 aliphatic heterocycles. The average molecular weight is 351 g/mol. The predicted molar refractivity (Wildman–Crippen MR) is 92.3 cm³/mol. The molecule has 8 heteroatoms. The standard InChI is InChI=1S/C14H22N4O2.2ClH/c1-14(2,15)13(19)18-8-6-17(7-9-18)12-10-11(20-3)4-5-16-12;;/h4-5,10H,6-9,15H2,1-3H3;2*1H. The number of aromatic nitrogens is 1. The van der Waals surface area contributed by atoms with E-state index < -0.39 is 5.54 Å². The van der Waals surface area contributed by atoms with Gasteiger partial charge in [0.25, 0.3) is 0 Å². The highest BCUT2D eigenvalue weighted by molar-refractivity contribution is 5.86. The summed E-state index contributed by atoms with van der Waals surface area (Å²) in [5.41, 5.74) is 5.05. The minimum Gasteiger partial charge on any atom is -0.497 e. The number of nitrogens with zero attached hydrogens (tertiary/aromatic N) is 3. The molecule has 0 unspecified atom stereocenters. The lowest BCUT2D eigenvalue weighted by molar-refractivity contribution is -0.136. The van der Waals surface area contributed by atoms with Crippen LogP contribution in [0, 0.1) is 0 Å². The maximum absolute atomic E-state index is 12.1. The maximum atomic E-state index is 12.1. The molecule has 1 amide bonds. The molecule has 0 spiro atoms. The first-order valence-electron chi connectivity index (χ1n) is 6.75. The van der Waals surface area contributed by atoms with Gasteiger partial charge in [0, 0.05) is 38.4 Å². The van der Waals surface area contributed by atoms with Crippen LogP contribution in [0.4, 0.5) is 5.82 Å². The minimum atomic E-state index is -0.809. The lowest BCUT2D eigenvalue weighted by Gasteiger charge is -2.38. The number of anilines is 1. The van der Waals surface area contributed by atoms with Crippen LogP contribution in [0.2, 0.25) is 0 Å². The molecule has 1 fully saturated rings. The molecule has 1 aliphatic rings. The molecule has 1 aromatic heterocycles. The van der Waals surface area contributed by atoms with Gasteiger partial charge in [-0.3, -0.25) is 4.79 Å². The second-order valence-electron chi connectivity index (χ2n) is 5.55. The number of carbonyl (C=O) groups excluding carboxylic acids is 1. The molecule has 0 bridgehead atoms. The zero-order valence-electron chi connectivity index (χ0n) is 13.1. The topological polar surface area (TPSA) is 71.7 Å². The van der Waals surface area contributed by atoms with E-state index in [0.717, 1.165) is 24.7 Å². The molecule has 0 saturated carbocycles. The van der Waals surface area contributed by atoms with Gasteiger partial charge in [0.2, 0.25) is 5.91 Å². The van der Waals surface area contributed by atoms with E-state index in [-0.39, 0.29) is 30.7 Å². The molecule has 0 radical (unpaired) electrons. The van der Waals surface area contributed by atoms with E-state index in [2.05, 4.69) is 9.88 Å². The first-order chi connectivity index (χ1) is 9.41. The van der Waals surface area contributed by atoms with Gasteiger partial charge < -0.3 is 20.3 Å². The number of ether oxygens (including phenoxy) is 1. The van der Waals surface area contributed by atoms with E-state index in [1.54, 1.807) is 27.2 Å². The van der Waals surface area contributed by atoms with Crippen molar-refractivity contribution in [1.82, 2.24) is 9.88 Å². The molecule has 6 nitrogen and oxygen atoms in total. The largest absolute Gasteiger partial charge is 0.497 e. The Bertz CT molecular complexity index is 486. The minimum absolute atomic E-state index is 0. The smallest absolute Gasteiger partial charge is 0.242 e. The number of piperazine rings is 1. The second-order valence-corrected chi connectivity index (χ2v) is 5.55. The highest BCUT2D eigenvalue weighted by atomic mass is 35.5. The van der Waals surface area contributed by atoms with Crippen molar-refractivity contribution in [1.29, 1.82) is 0 Å². The Hall–Kier alpha value is -1.24. The van der Waals surface area contributed by atoms with Gasteiger partial charge in [-0.15, -0.1) is 24.8 Å². The number of carbonyl (C=O) groups is 1. The zero-order chi connectivity index (χ0) is 14.8. The second kappa shape index (κ2) is 8.41. The molecule has 0 aliphatic carbocycles. The molecule has 0 atom stereocenters. The summed E-state index contributed by atoms with van der Waals surface area (Å²) in [7, 11) is 1.64. The summed E-state index contributed by atoms with van der Waals surface area (Å²) in [6.07, 6.45) is 1.73. The molecule has 2 N–H and O–H groups in total. The summed E-state index contributed by atoms with van der Waals surface area (Å²) in [5.74, 6) is 1.66. The highest BCUT2D eigenvalue weighted by Gasteiger charge is 2.30. The Balaban J connectivity index is 0.00000220. The predicted octanol–water partition coefficient (Wildman–Crippen LogP) is 1.32. The molecule has 2 heterocycles. The van der Waals surface area contributed by atoms with Gasteiger partial charge in [0.15, 0.2) is 0 Å². The summed E-state index contributed by atoms with van der Waals surface area (Å²) in [4.78, 5) is 20.4. The summed E-state index contributed by atoms with van der Waals surface area (Å²) in [6, 6.07) is 3.73. The van der Waals surface area contributed by atoms with Crippen LogP contribution in [0.25, 0.3) is 0 Å². The van der Waals surface area contributed by atoms with E-state index in [9.17, 15) is 4.79 Å². The fraction of sp³-hybridized carbons (Fsp3) is 0.571. The third-order valence-corrected chi connectivity index (χ3v) is 3.39. The van der Waals surface area contributed by atoms with E-state index in [1.807, 2.05) is 17.0 Å². The first kappa shape index (κ1) is 20.8. The van der Waals surface area contributed by atoms with Crippen LogP contribution in [0.5, 0.6) is 5.75 Å². The molecule has 22 heavy (non-hydrogen) atoms. The fourth-order valence-corrected chi connectivity index (χ4v) is 2.25. The lowest BCUT2D eigenvalue weighted by Crippen LogP contribution is -2.57. The van der Waals surface area contributed by atoms with Crippen molar-refractivity contribution < 1.29 is 9.53 Å². The average Bonchev–Trinajstić information content (AvgIpc) is 2.46. The highest BCUT2D eigenvalue weighted by Crippen LogP contribution is 2.19. The zero-order valence-corrected chi connectivity index (χ0v) is 14.7. The van der Waals surface area contributed by atoms with Gasteiger partial charge in [0.1, 0.15) is 11.6 Å². The van der Waals surface area contributed by atoms with Crippen molar-refractivity contribution in [3.63, 3.8) is 0 Å². The molecule has 0 aromatic carbocycles. The summed E-state index contributed by atoms with van der Waals surface area (Å²) in [5, 5.41) is 0. The number of methoxy groups -OCH3 is 1. The number of hydrogen-bond acceptors (Lipinski definition) is 5. The molecule has 1 saturated heterocycles. The Labute approximate surface area is 143 Å². The van der Waals surface area contributed by atoms with Gasteiger partial charge >= 0.3 is 0 Å². The van der Waals surface area contributed by atoms with Gasteiger partial charge in [-0.2, -0.15) is 0 Å². The van der Waals surface area contributed by atoms with Crippen LogP contribution in [-0.2, 0) is 4.79 Å². The van der Waals surface area contributed by atoms with Gasteiger partial charge in [-0.05, 0) is 19.9 Å². The normalized spacial score (nSPS) is 14.7. The van der Waals surface area contributed by atoms with Crippen LogP contribution < -0.4 is 15.4 Å². The quantitative estimate of drug-likeness (QED) is 0.889. The Kier molecular flexibility index (Phi) is 7.93. The summed E-state index contributed by atoms with van der Waals surface area (Å²) >= 11 is 0. The fourth-order valence-electron chi connectivity index (χ4n) is 2.25. The number of nitrogens with two attached hydrogens (primary N) is 1. The monoisotopic (exact) mass is 350 g/mol. The van der Waals surface area contributed by atoms with Crippen molar-refractivity contribution in [2.45, 2.75) is 19.4 Å². The summed E-state index contributed by atoms with van der Waals surface area (Å²) in [6.45, 7) is 6.32. The van der Waals surface area contributed by atoms with Crippen molar-refractivity contribution in [3.05, 3.63) is 18.3 Å². The molecule has 2 rings (SSSR count). The molecule has 1 aromatic rings. The van der Waals surface area contributed by atoms with E-state index in [1.165, 1.54) is 0 Å². The van der Waals surface area contributed by atoms with Gasteiger partial charge in [-0.25, -0.2) is 4.98 Å². The lowest BCUT2D eigenvalue weighted by atomic mass is 10.0. The third kappa shape index (κ3) is 4.90. The number of hydrogen-bond donors (Lipinski definition) is 1. The number of amides is 1. The SMILES string of the molecule is COc1ccnc(N2CCN(C(=O)C(C)(C)N)CC2)c1.Cl.Cl.